The summed E-state index contributed by atoms with van der Waals surface area (Å²) < 4.78 is 39.1. The van der Waals surface area contributed by atoms with Crippen LogP contribution in [-0.2, 0) is 12.6 Å². The van der Waals surface area contributed by atoms with Crippen LogP contribution in [0.25, 0.3) is 0 Å². The van der Waals surface area contributed by atoms with E-state index in [2.05, 4.69) is 26.2 Å². The van der Waals surface area contributed by atoms with Gasteiger partial charge in [-0.2, -0.15) is 13.2 Å². The minimum Gasteiger partial charge on any atom is -0.384 e. The molecule has 1 N–H and O–H groups in total. The molecule has 0 radical (unpaired) electrons. The Labute approximate surface area is 127 Å². The van der Waals surface area contributed by atoms with Crippen LogP contribution in [0.2, 0.25) is 0 Å². The lowest BCUT2D eigenvalue weighted by molar-refractivity contribution is -0.137. The molecule has 0 atom stereocenters. The number of thiazole rings is 1. The van der Waals surface area contributed by atoms with Crippen LogP contribution in [0, 0.1) is 6.92 Å². The van der Waals surface area contributed by atoms with Crippen LogP contribution in [0.15, 0.2) is 28.1 Å². The maximum atomic E-state index is 12.9. The molecule has 20 heavy (non-hydrogen) atoms. The van der Waals surface area contributed by atoms with Crippen molar-refractivity contribution in [2.24, 2.45) is 0 Å². The van der Waals surface area contributed by atoms with Crippen molar-refractivity contribution < 1.29 is 13.2 Å². The number of anilines is 1. The van der Waals surface area contributed by atoms with Gasteiger partial charge < -0.3 is 5.32 Å². The number of hydrogen-bond acceptors (Lipinski definition) is 3. The first-order chi connectivity index (χ1) is 9.36. The number of alkyl halides is 3. The van der Waals surface area contributed by atoms with E-state index in [1.807, 2.05) is 12.3 Å². The monoisotopic (exact) mass is 364 g/mol. The van der Waals surface area contributed by atoms with Crippen molar-refractivity contribution in [1.82, 2.24) is 4.98 Å². The summed E-state index contributed by atoms with van der Waals surface area (Å²) >= 11 is 4.58. The molecule has 0 saturated carbocycles. The Kier molecular flexibility index (Phi) is 4.70. The average molecular weight is 365 g/mol. The van der Waals surface area contributed by atoms with Crippen molar-refractivity contribution in [3.63, 3.8) is 0 Å². The third kappa shape index (κ3) is 3.96. The standard InChI is InChI=1S/C13H12BrF3N2S/c1-8-7-20-12(19-8)4-5-18-11-3-2-9(14)6-10(11)13(15,16)17/h2-3,6-7,18H,4-5H2,1H3. The zero-order valence-corrected chi connectivity index (χ0v) is 13.0. The van der Waals surface area contributed by atoms with Gasteiger partial charge in [0.15, 0.2) is 0 Å². The molecule has 1 aromatic heterocycles. The van der Waals surface area contributed by atoms with E-state index < -0.39 is 11.7 Å². The van der Waals surface area contributed by atoms with Crippen molar-refractivity contribution in [1.29, 1.82) is 0 Å². The molecule has 2 nitrogen and oxygen atoms in total. The second kappa shape index (κ2) is 6.13. The van der Waals surface area contributed by atoms with Crippen LogP contribution in [-0.4, -0.2) is 11.5 Å². The van der Waals surface area contributed by atoms with E-state index in [4.69, 9.17) is 0 Å². The van der Waals surface area contributed by atoms with Crippen LogP contribution in [0.4, 0.5) is 18.9 Å². The number of aryl methyl sites for hydroxylation is 1. The molecular formula is C13H12BrF3N2S. The normalized spacial score (nSPS) is 11.7. The molecule has 1 heterocycles. The quantitative estimate of drug-likeness (QED) is 0.835. The Balaban J connectivity index is 2.06. The van der Waals surface area contributed by atoms with Gasteiger partial charge in [-0.3, -0.25) is 0 Å². The number of rotatable bonds is 4. The SMILES string of the molecule is Cc1csc(CCNc2ccc(Br)cc2C(F)(F)F)n1. The molecule has 0 amide bonds. The van der Waals surface area contributed by atoms with Gasteiger partial charge in [0.25, 0.3) is 0 Å². The van der Waals surface area contributed by atoms with Crippen molar-refractivity contribution >= 4 is 33.0 Å². The Hall–Kier alpha value is -1.08. The highest BCUT2D eigenvalue weighted by Crippen LogP contribution is 2.36. The van der Waals surface area contributed by atoms with E-state index >= 15 is 0 Å². The van der Waals surface area contributed by atoms with Crippen LogP contribution >= 0.6 is 27.3 Å². The van der Waals surface area contributed by atoms with Gasteiger partial charge >= 0.3 is 6.18 Å². The molecule has 0 unspecified atom stereocenters. The minimum absolute atomic E-state index is 0.0916. The molecule has 2 rings (SSSR count). The topological polar surface area (TPSA) is 24.9 Å². The van der Waals surface area contributed by atoms with E-state index in [-0.39, 0.29) is 5.69 Å². The Bertz CT molecular complexity index is 596. The predicted molar refractivity (Wildman–Crippen MR) is 78.2 cm³/mol. The molecule has 0 spiro atoms. The summed E-state index contributed by atoms with van der Waals surface area (Å²) in [6, 6.07) is 4.10. The van der Waals surface area contributed by atoms with Crippen LogP contribution < -0.4 is 5.32 Å². The third-order valence-electron chi connectivity index (χ3n) is 2.61. The molecule has 0 fully saturated rings. The van der Waals surface area contributed by atoms with E-state index in [0.29, 0.717) is 17.4 Å². The van der Waals surface area contributed by atoms with Crippen molar-refractivity contribution in [3.8, 4) is 0 Å². The Morgan fingerprint density at radius 2 is 2.10 bits per heavy atom. The zero-order chi connectivity index (χ0) is 14.8. The minimum atomic E-state index is -4.37. The van der Waals surface area contributed by atoms with Gasteiger partial charge in [0.2, 0.25) is 0 Å². The van der Waals surface area contributed by atoms with Crippen molar-refractivity contribution in [3.05, 3.63) is 44.3 Å². The third-order valence-corrected chi connectivity index (χ3v) is 4.13. The molecular weight excluding hydrogens is 353 g/mol. The van der Waals surface area contributed by atoms with Gasteiger partial charge in [-0.25, -0.2) is 4.98 Å². The van der Waals surface area contributed by atoms with Gasteiger partial charge in [-0.15, -0.1) is 11.3 Å². The van der Waals surface area contributed by atoms with E-state index in [1.165, 1.54) is 17.4 Å². The lowest BCUT2D eigenvalue weighted by atomic mass is 10.1. The summed E-state index contributed by atoms with van der Waals surface area (Å²) in [5, 5.41) is 5.67. The zero-order valence-electron chi connectivity index (χ0n) is 10.6. The van der Waals surface area contributed by atoms with Crippen molar-refractivity contribution in [2.75, 3.05) is 11.9 Å². The molecule has 0 aliphatic rings. The van der Waals surface area contributed by atoms with Gasteiger partial charge in [0.1, 0.15) is 0 Å². The second-order valence-electron chi connectivity index (χ2n) is 4.25. The maximum absolute atomic E-state index is 12.9. The lowest BCUT2D eigenvalue weighted by Crippen LogP contribution is -2.12. The number of hydrogen-bond donors (Lipinski definition) is 1. The van der Waals surface area contributed by atoms with Crippen molar-refractivity contribution in [2.45, 2.75) is 19.5 Å². The maximum Gasteiger partial charge on any atom is 0.418 e. The van der Waals surface area contributed by atoms with E-state index in [9.17, 15) is 13.2 Å². The first-order valence-corrected chi connectivity index (χ1v) is 7.55. The highest BCUT2D eigenvalue weighted by molar-refractivity contribution is 9.10. The Morgan fingerprint density at radius 3 is 2.70 bits per heavy atom. The first-order valence-electron chi connectivity index (χ1n) is 5.88. The summed E-state index contributed by atoms with van der Waals surface area (Å²) in [4.78, 5) is 4.28. The van der Waals surface area contributed by atoms with E-state index in [1.54, 1.807) is 6.07 Å². The Morgan fingerprint density at radius 1 is 1.35 bits per heavy atom. The molecule has 2 aromatic rings. The number of nitrogens with one attached hydrogen (secondary N) is 1. The summed E-state index contributed by atoms with van der Waals surface area (Å²) in [6.07, 6.45) is -3.77. The smallest absolute Gasteiger partial charge is 0.384 e. The fourth-order valence-electron chi connectivity index (χ4n) is 1.73. The molecule has 0 saturated heterocycles. The summed E-state index contributed by atoms with van der Waals surface area (Å²) in [5.41, 5.74) is 0.362. The number of benzene rings is 1. The molecule has 0 aliphatic heterocycles. The molecule has 0 aliphatic carbocycles. The molecule has 108 valence electrons. The molecule has 1 aromatic carbocycles. The summed E-state index contributed by atoms with van der Waals surface area (Å²) in [6.45, 7) is 2.31. The summed E-state index contributed by atoms with van der Waals surface area (Å²) in [5.74, 6) is 0. The van der Waals surface area contributed by atoms with E-state index in [0.717, 1.165) is 16.8 Å². The fourth-order valence-corrected chi connectivity index (χ4v) is 2.86. The largest absolute Gasteiger partial charge is 0.418 e. The number of nitrogens with zero attached hydrogens (tertiary/aromatic N) is 1. The summed E-state index contributed by atoms with van der Waals surface area (Å²) in [7, 11) is 0. The van der Waals surface area contributed by atoms with Crippen LogP contribution in [0.1, 0.15) is 16.3 Å². The lowest BCUT2D eigenvalue weighted by Gasteiger charge is -2.14. The van der Waals surface area contributed by atoms with Crippen LogP contribution in [0.5, 0.6) is 0 Å². The fraction of sp³-hybridized carbons (Fsp3) is 0.308. The van der Waals surface area contributed by atoms with Gasteiger partial charge in [-0.1, -0.05) is 15.9 Å². The van der Waals surface area contributed by atoms with Gasteiger partial charge in [0.05, 0.1) is 10.6 Å². The van der Waals surface area contributed by atoms with Gasteiger partial charge in [0, 0.05) is 34.2 Å². The second-order valence-corrected chi connectivity index (χ2v) is 6.11. The number of aromatic nitrogens is 1. The highest BCUT2D eigenvalue weighted by atomic mass is 79.9. The van der Waals surface area contributed by atoms with Gasteiger partial charge in [-0.05, 0) is 25.1 Å². The highest BCUT2D eigenvalue weighted by Gasteiger charge is 2.33. The number of halogens is 4. The van der Waals surface area contributed by atoms with Crippen LogP contribution in [0.3, 0.4) is 0 Å². The predicted octanol–water partition coefficient (Wildman–Crippen LogP) is 4.89. The average Bonchev–Trinajstić information content (AvgIpc) is 2.76. The molecule has 7 heteroatoms. The first kappa shape index (κ1) is 15.3. The molecule has 0 bridgehead atoms.